The standard InChI is InChI=1S/C9H11NO4S2/c1-5-10-6(3-15-5)4-16-7(9(13)14)2-8(11)12/h3,7H,2,4H2,1H3,(H,11,12)(H,13,14). The van der Waals surface area contributed by atoms with Crippen LogP contribution in [0.4, 0.5) is 0 Å². The summed E-state index contributed by atoms with van der Waals surface area (Å²) in [6.45, 7) is 1.87. The van der Waals surface area contributed by atoms with Gasteiger partial charge >= 0.3 is 11.9 Å². The first-order valence-corrected chi connectivity index (χ1v) is 6.39. The maximum atomic E-state index is 10.8. The molecule has 1 unspecified atom stereocenters. The van der Waals surface area contributed by atoms with E-state index in [0.29, 0.717) is 5.75 Å². The van der Waals surface area contributed by atoms with Crippen LogP contribution in [0, 0.1) is 6.92 Å². The Morgan fingerprint density at radius 3 is 2.69 bits per heavy atom. The lowest BCUT2D eigenvalue weighted by molar-refractivity contribution is -0.142. The molecule has 1 aromatic heterocycles. The molecule has 5 nitrogen and oxygen atoms in total. The van der Waals surface area contributed by atoms with Crippen LogP contribution in [-0.2, 0) is 15.3 Å². The fourth-order valence-corrected chi connectivity index (χ4v) is 2.68. The first-order valence-electron chi connectivity index (χ1n) is 4.46. The predicted molar refractivity (Wildman–Crippen MR) is 61.8 cm³/mol. The Morgan fingerprint density at radius 1 is 1.56 bits per heavy atom. The van der Waals surface area contributed by atoms with Crippen molar-refractivity contribution in [1.82, 2.24) is 4.98 Å². The Labute approximate surface area is 101 Å². The number of carbonyl (C=O) groups is 2. The number of rotatable bonds is 6. The summed E-state index contributed by atoms with van der Waals surface area (Å²) in [7, 11) is 0. The third-order valence-electron chi connectivity index (χ3n) is 1.73. The molecule has 0 amide bonds. The number of aromatic nitrogens is 1. The van der Waals surface area contributed by atoms with Gasteiger partial charge < -0.3 is 10.2 Å². The summed E-state index contributed by atoms with van der Waals surface area (Å²) < 4.78 is 0. The highest BCUT2D eigenvalue weighted by Crippen LogP contribution is 2.21. The molecule has 1 heterocycles. The van der Waals surface area contributed by atoms with Crippen LogP contribution in [0.5, 0.6) is 0 Å². The van der Waals surface area contributed by atoms with Crippen molar-refractivity contribution >= 4 is 35.0 Å². The summed E-state index contributed by atoms with van der Waals surface area (Å²) in [5.74, 6) is -1.78. The minimum atomic E-state index is -1.10. The molecule has 0 radical (unpaired) electrons. The van der Waals surface area contributed by atoms with Crippen molar-refractivity contribution in [3.8, 4) is 0 Å². The Balaban J connectivity index is 2.50. The van der Waals surface area contributed by atoms with Gasteiger partial charge in [0.2, 0.25) is 0 Å². The fourth-order valence-electron chi connectivity index (χ4n) is 1.04. The number of hydrogen-bond donors (Lipinski definition) is 2. The summed E-state index contributed by atoms with van der Waals surface area (Å²) in [5, 5.41) is 19.2. The number of nitrogens with zero attached hydrogens (tertiary/aromatic N) is 1. The van der Waals surface area contributed by atoms with Crippen LogP contribution in [0.15, 0.2) is 5.38 Å². The third kappa shape index (κ3) is 4.19. The SMILES string of the molecule is Cc1nc(CSC(CC(=O)O)C(=O)O)cs1. The molecule has 0 bridgehead atoms. The predicted octanol–water partition coefficient (Wildman–Crippen LogP) is 1.61. The molecule has 88 valence electrons. The molecule has 0 saturated heterocycles. The van der Waals surface area contributed by atoms with Gasteiger partial charge in [-0.3, -0.25) is 9.59 Å². The minimum absolute atomic E-state index is 0.372. The molecule has 0 saturated carbocycles. The molecule has 2 N–H and O–H groups in total. The Kier molecular flexibility index (Phi) is 4.75. The number of thiazole rings is 1. The summed E-state index contributed by atoms with van der Waals surface area (Å²) in [4.78, 5) is 25.4. The van der Waals surface area contributed by atoms with Crippen molar-refractivity contribution in [2.75, 3.05) is 0 Å². The normalized spacial score (nSPS) is 12.3. The van der Waals surface area contributed by atoms with Crippen molar-refractivity contribution in [3.05, 3.63) is 16.1 Å². The number of carboxylic acids is 2. The lowest BCUT2D eigenvalue weighted by atomic mass is 10.3. The molecule has 0 aromatic carbocycles. The van der Waals surface area contributed by atoms with E-state index in [1.54, 1.807) is 0 Å². The first-order chi connectivity index (χ1) is 7.49. The summed E-state index contributed by atoms with van der Waals surface area (Å²) >= 11 is 2.58. The van der Waals surface area contributed by atoms with E-state index in [0.717, 1.165) is 22.5 Å². The fraction of sp³-hybridized carbons (Fsp3) is 0.444. The molecule has 1 atom stereocenters. The summed E-state index contributed by atoms with van der Waals surface area (Å²) in [6.07, 6.45) is -0.372. The van der Waals surface area contributed by atoms with E-state index in [-0.39, 0.29) is 6.42 Å². The van der Waals surface area contributed by atoms with Crippen molar-refractivity contribution in [2.24, 2.45) is 0 Å². The highest BCUT2D eigenvalue weighted by Gasteiger charge is 2.21. The summed E-state index contributed by atoms with van der Waals surface area (Å²) in [6, 6.07) is 0. The second-order valence-electron chi connectivity index (χ2n) is 3.09. The lowest BCUT2D eigenvalue weighted by Gasteiger charge is -2.07. The van der Waals surface area contributed by atoms with Gasteiger partial charge in [-0.1, -0.05) is 0 Å². The number of aliphatic carboxylic acids is 2. The Bertz CT molecular complexity index is 391. The molecular weight excluding hydrogens is 250 g/mol. The van der Waals surface area contributed by atoms with E-state index >= 15 is 0 Å². The Hall–Kier alpha value is -1.08. The third-order valence-corrected chi connectivity index (χ3v) is 3.79. The van der Waals surface area contributed by atoms with Gasteiger partial charge in [-0.15, -0.1) is 23.1 Å². The van der Waals surface area contributed by atoms with Gasteiger partial charge in [-0.2, -0.15) is 0 Å². The van der Waals surface area contributed by atoms with Gasteiger partial charge in [0.1, 0.15) is 5.25 Å². The highest BCUT2D eigenvalue weighted by atomic mass is 32.2. The molecule has 0 spiro atoms. The Morgan fingerprint density at radius 2 is 2.25 bits per heavy atom. The van der Waals surface area contributed by atoms with Crippen LogP contribution in [0.3, 0.4) is 0 Å². The van der Waals surface area contributed by atoms with E-state index < -0.39 is 17.2 Å². The number of carboxylic acid groups (broad SMARTS) is 2. The molecular formula is C9H11NO4S2. The molecule has 0 aliphatic heterocycles. The van der Waals surface area contributed by atoms with Crippen LogP contribution in [-0.4, -0.2) is 32.4 Å². The lowest BCUT2D eigenvalue weighted by Crippen LogP contribution is -2.20. The van der Waals surface area contributed by atoms with Crippen molar-refractivity contribution in [2.45, 2.75) is 24.3 Å². The largest absolute Gasteiger partial charge is 0.481 e. The van der Waals surface area contributed by atoms with Crippen molar-refractivity contribution in [1.29, 1.82) is 0 Å². The quantitative estimate of drug-likeness (QED) is 0.809. The van der Waals surface area contributed by atoms with Gasteiger partial charge in [0.15, 0.2) is 0 Å². The molecule has 7 heteroatoms. The topological polar surface area (TPSA) is 87.5 Å². The van der Waals surface area contributed by atoms with Crippen LogP contribution in [0.2, 0.25) is 0 Å². The zero-order chi connectivity index (χ0) is 12.1. The van der Waals surface area contributed by atoms with E-state index in [4.69, 9.17) is 10.2 Å². The monoisotopic (exact) mass is 261 g/mol. The maximum Gasteiger partial charge on any atom is 0.317 e. The molecule has 0 aliphatic carbocycles. The minimum Gasteiger partial charge on any atom is -0.481 e. The van der Waals surface area contributed by atoms with Gasteiger partial charge in [-0.25, -0.2) is 4.98 Å². The molecule has 0 aliphatic rings. The van der Waals surface area contributed by atoms with Gasteiger partial charge in [-0.05, 0) is 6.92 Å². The highest BCUT2D eigenvalue weighted by molar-refractivity contribution is 7.99. The van der Waals surface area contributed by atoms with E-state index in [2.05, 4.69) is 4.98 Å². The van der Waals surface area contributed by atoms with Crippen LogP contribution in [0.1, 0.15) is 17.1 Å². The summed E-state index contributed by atoms with van der Waals surface area (Å²) in [5.41, 5.74) is 0.795. The smallest absolute Gasteiger partial charge is 0.317 e. The molecule has 16 heavy (non-hydrogen) atoms. The van der Waals surface area contributed by atoms with Crippen LogP contribution < -0.4 is 0 Å². The van der Waals surface area contributed by atoms with E-state index in [1.165, 1.54) is 11.3 Å². The first kappa shape index (κ1) is 13.0. The molecule has 1 rings (SSSR count). The number of aryl methyl sites for hydroxylation is 1. The van der Waals surface area contributed by atoms with E-state index in [9.17, 15) is 9.59 Å². The second kappa shape index (κ2) is 5.86. The van der Waals surface area contributed by atoms with Gasteiger partial charge in [0.25, 0.3) is 0 Å². The van der Waals surface area contributed by atoms with Crippen LogP contribution >= 0.6 is 23.1 Å². The molecule has 0 fully saturated rings. The van der Waals surface area contributed by atoms with Gasteiger partial charge in [0, 0.05) is 11.1 Å². The van der Waals surface area contributed by atoms with Crippen molar-refractivity contribution < 1.29 is 19.8 Å². The zero-order valence-corrected chi connectivity index (χ0v) is 10.2. The van der Waals surface area contributed by atoms with E-state index in [1.807, 2.05) is 12.3 Å². The maximum absolute atomic E-state index is 10.8. The zero-order valence-electron chi connectivity index (χ0n) is 8.54. The average molecular weight is 261 g/mol. The number of thioether (sulfide) groups is 1. The average Bonchev–Trinajstić information content (AvgIpc) is 2.58. The second-order valence-corrected chi connectivity index (χ2v) is 5.35. The van der Waals surface area contributed by atoms with Crippen molar-refractivity contribution in [3.63, 3.8) is 0 Å². The molecule has 1 aromatic rings. The van der Waals surface area contributed by atoms with Crippen LogP contribution in [0.25, 0.3) is 0 Å². The van der Waals surface area contributed by atoms with Gasteiger partial charge in [0.05, 0.1) is 17.1 Å². The number of hydrogen-bond acceptors (Lipinski definition) is 5.